The lowest BCUT2D eigenvalue weighted by atomic mass is 10.3. The summed E-state index contributed by atoms with van der Waals surface area (Å²) in [7, 11) is 1.61. The molecule has 0 saturated heterocycles. The van der Waals surface area contributed by atoms with Crippen LogP contribution in [0.15, 0.2) is 41.4 Å². The Morgan fingerprint density at radius 1 is 1.37 bits per heavy atom. The molecule has 1 amide bonds. The zero-order valence-electron chi connectivity index (χ0n) is 14.1. The number of hydrogen-bond acceptors (Lipinski definition) is 6. The number of rotatable bonds is 6. The number of carbonyl (C=O) groups excluding carboxylic acids is 1. The molecule has 140 valence electrons. The minimum absolute atomic E-state index is 0.0258. The van der Waals surface area contributed by atoms with Crippen LogP contribution in [-0.2, 0) is 16.1 Å². The Bertz CT molecular complexity index is 1100. The van der Waals surface area contributed by atoms with Gasteiger partial charge in [0.05, 0.1) is 21.7 Å². The monoisotopic (exact) mass is 423 g/mol. The molecule has 10 heteroatoms. The molecule has 0 aliphatic rings. The topological polar surface area (TPSA) is 86.7 Å². The van der Waals surface area contributed by atoms with Gasteiger partial charge in [-0.15, -0.1) is 0 Å². The molecule has 0 bridgehead atoms. The van der Waals surface area contributed by atoms with Crippen LogP contribution >= 0.6 is 34.3 Å². The van der Waals surface area contributed by atoms with Crippen LogP contribution in [0.1, 0.15) is 4.88 Å². The van der Waals surface area contributed by atoms with Crippen LogP contribution in [0.25, 0.3) is 16.3 Å². The molecule has 0 N–H and O–H groups in total. The van der Waals surface area contributed by atoms with Crippen LogP contribution < -0.4 is 4.80 Å². The van der Waals surface area contributed by atoms with Crippen LogP contribution in [0, 0.1) is 10.1 Å². The average Bonchev–Trinajstić information content (AvgIpc) is 3.22. The summed E-state index contributed by atoms with van der Waals surface area (Å²) in [5.41, 5.74) is 0.922. The fraction of sp³-hybridized carbons (Fsp3) is 0.176. The normalized spacial score (nSPS) is 12.3. The second kappa shape index (κ2) is 8.57. The molecule has 1 aromatic carbocycles. The number of methoxy groups -OCH3 is 1. The number of nitrogens with zero attached hydrogens (tertiary/aromatic N) is 3. The van der Waals surface area contributed by atoms with Gasteiger partial charge in [0.25, 0.3) is 5.91 Å². The van der Waals surface area contributed by atoms with E-state index in [1.807, 2.05) is 16.7 Å². The lowest BCUT2D eigenvalue weighted by Gasteiger charge is -2.03. The van der Waals surface area contributed by atoms with E-state index in [2.05, 4.69) is 4.99 Å². The first-order chi connectivity index (χ1) is 13.0. The molecule has 0 saturated carbocycles. The predicted octanol–water partition coefficient (Wildman–Crippen LogP) is 4.11. The van der Waals surface area contributed by atoms with Gasteiger partial charge < -0.3 is 9.30 Å². The highest BCUT2D eigenvalue weighted by atomic mass is 35.5. The molecule has 3 rings (SSSR count). The molecule has 0 radical (unpaired) electrons. The zero-order chi connectivity index (χ0) is 19.4. The van der Waals surface area contributed by atoms with E-state index in [0.717, 1.165) is 21.6 Å². The number of thiazole rings is 1. The minimum atomic E-state index is -0.463. The lowest BCUT2D eigenvalue weighted by Crippen LogP contribution is -2.18. The maximum absolute atomic E-state index is 12.2. The number of thiophene rings is 1. The maximum Gasteiger partial charge on any atom is 0.324 e. The quantitative estimate of drug-likeness (QED) is 0.339. The smallest absolute Gasteiger partial charge is 0.324 e. The van der Waals surface area contributed by atoms with Crippen molar-refractivity contribution in [2.45, 2.75) is 6.54 Å². The summed E-state index contributed by atoms with van der Waals surface area (Å²) < 4.78 is 7.96. The van der Waals surface area contributed by atoms with Gasteiger partial charge >= 0.3 is 5.00 Å². The van der Waals surface area contributed by atoms with Crippen LogP contribution in [0.4, 0.5) is 5.00 Å². The SMILES string of the molecule is COCCn1c(=NC(=O)C=Cc2ccc([N+](=O)[O-])s2)sc2cc(Cl)ccc21. The van der Waals surface area contributed by atoms with Gasteiger partial charge in [-0.05, 0) is 30.3 Å². The number of hydrogen-bond donors (Lipinski definition) is 0. The molecule has 0 fully saturated rings. The summed E-state index contributed by atoms with van der Waals surface area (Å²) >= 11 is 8.41. The van der Waals surface area contributed by atoms with Gasteiger partial charge in [-0.25, -0.2) is 0 Å². The zero-order valence-corrected chi connectivity index (χ0v) is 16.5. The number of fused-ring (bicyclic) bond motifs is 1. The molecular formula is C17H14ClN3O4S2. The highest BCUT2D eigenvalue weighted by Crippen LogP contribution is 2.25. The number of halogens is 1. The van der Waals surface area contributed by atoms with Crippen molar-refractivity contribution in [2.24, 2.45) is 4.99 Å². The second-order valence-electron chi connectivity index (χ2n) is 5.36. The summed E-state index contributed by atoms with van der Waals surface area (Å²) in [6.45, 7) is 1.02. The Hall–Kier alpha value is -2.33. The minimum Gasteiger partial charge on any atom is -0.383 e. The highest BCUT2D eigenvalue weighted by Gasteiger charge is 2.09. The third-order valence-corrected chi connectivity index (χ3v) is 5.83. The Morgan fingerprint density at radius 3 is 2.89 bits per heavy atom. The van der Waals surface area contributed by atoms with Crippen LogP contribution in [0.2, 0.25) is 5.02 Å². The van der Waals surface area contributed by atoms with Crippen molar-refractivity contribution in [3.05, 3.63) is 61.2 Å². The molecule has 27 heavy (non-hydrogen) atoms. The van der Waals surface area contributed by atoms with Gasteiger partial charge in [-0.3, -0.25) is 14.9 Å². The largest absolute Gasteiger partial charge is 0.383 e. The number of benzene rings is 1. The van der Waals surface area contributed by atoms with E-state index < -0.39 is 10.8 Å². The van der Waals surface area contributed by atoms with Gasteiger partial charge in [-0.2, -0.15) is 4.99 Å². The molecule has 0 atom stereocenters. The standard InChI is InChI=1S/C17H14ClN3O4S2/c1-25-9-8-20-13-5-2-11(18)10-14(13)27-17(20)19-15(22)6-3-12-4-7-16(26-12)21(23)24/h2-7,10H,8-9H2,1H3. The number of ether oxygens (including phenoxy) is 1. The molecular weight excluding hydrogens is 410 g/mol. The first-order valence-electron chi connectivity index (χ1n) is 7.77. The summed E-state index contributed by atoms with van der Waals surface area (Å²) in [6, 6.07) is 8.49. The summed E-state index contributed by atoms with van der Waals surface area (Å²) in [4.78, 5) is 27.8. The molecule has 3 aromatic rings. The fourth-order valence-corrected chi connectivity index (χ4v) is 4.41. The molecule has 2 heterocycles. The average molecular weight is 424 g/mol. The summed E-state index contributed by atoms with van der Waals surface area (Å²) in [5, 5.41) is 11.3. The van der Waals surface area contributed by atoms with E-state index in [0.29, 0.717) is 27.9 Å². The highest BCUT2D eigenvalue weighted by molar-refractivity contribution is 7.16. The van der Waals surface area contributed by atoms with Crippen molar-refractivity contribution in [2.75, 3.05) is 13.7 Å². The van der Waals surface area contributed by atoms with Crippen molar-refractivity contribution < 1.29 is 14.5 Å². The van der Waals surface area contributed by atoms with Crippen molar-refractivity contribution in [3.8, 4) is 0 Å². The van der Waals surface area contributed by atoms with Gasteiger partial charge in [0, 0.05) is 35.7 Å². The first kappa shape index (κ1) is 19.4. The van der Waals surface area contributed by atoms with E-state index >= 15 is 0 Å². The summed E-state index contributed by atoms with van der Waals surface area (Å²) in [6.07, 6.45) is 2.82. The van der Waals surface area contributed by atoms with Gasteiger partial charge in [0.1, 0.15) is 0 Å². The fourth-order valence-electron chi connectivity index (χ4n) is 2.35. The second-order valence-corrected chi connectivity index (χ2v) is 7.90. The number of nitro groups is 1. The van der Waals surface area contributed by atoms with Gasteiger partial charge in [0.15, 0.2) is 4.80 Å². The Morgan fingerprint density at radius 2 is 2.19 bits per heavy atom. The van der Waals surface area contributed by atoms with E-state index in [-0.39, 0.29) is 5.00 Å². The maximum atomic E-state index is 12.2. The van der Waals surface area contributed by atoms with E-state index in [1.54, 1.807) is 19.2 Å². The molecule has 0 aliphatic heterocycles. The number of aromatic nitrogens is 1. The van der Waals surface area contributed by atoms with E-state index in [9.17, 15) is 14.9 Å². The predicted molar refractivity (Wildman–Crippen MR) is 107 cm³/mol. The van der Waals surface area contributed by atoms with Gasteiger partial charge in [-0.1, -0.05) is 34.3 Å². The van der Waals surface area contributed by atoms with Crippen LogP contribution in [0.5, 0.6) is 0 Å². The van der Waals surface area contributed by atoms with Crippen molar-refractivity contribution >= 4 is 61.5 Å². The first-order valence-corrected chi connectivity index (χ1v) is 9.78. The lowest BCUT2D eigenvalue weighted by molar-refractivity contribution is -0.380. The summed E-state index contributed by atoms with van der Waals surface area (Å²) in [5.74, 6) is -0.449. The molecule has 2 aromatic heterocycles. The number of amides is 1. The van der Waals surface area contributed by atoms with E-state index in [4.69, 9.17) is 16.3 Å². The van der Waals surface area contributed by atoms with Crippen LogP contribution in [-0.4, -0.2) is 29.1 Å². The third kappa shape index (κ3) is 4.69. The molecule has 0 aliphatic carbocycles. The molecule has 7 nitrogen and oxygen atoms in total. The Kier molecular flexibility index (Phi) is 6.17. The van der Waals surface area contributed by atoms with E-state index in [1.165, 1.54) is 29.6 Å². The van der Waals surface area contributed by atoms with Gasteiger partial charge in [0.2, 0.25) is 0 Å². The Balaban J connectivity index is 1.92. The van der Waals surface area contributed by atoms with Crippen molar-refractivity contribution in [1.29, 1.82) is 0 Å². The number of carbonyl (C=O) groups is 1. The van der Waals surface area contributed by atoms with Crippen molar-refractivity contribution in [1.82, 2.24) is 4.57 Å². The molecule has 0 unspecified atom stereocenters. The molecule has 0 spiro atoms. The third-order valence-electron chi connectivity index (χ3n) is 3.55. The van der Waals surface area contributed by atoms with Crippen LogP contribution in [0.3, 0.4) is 0 Å². The van der Waals surface area contributed by atoms with Crippen molar-refractivity contribution in [3.63, 3.8) is 0 Å². The Labute approximate surface area is 167 Å².